The van der Waals surface area contributed by atoms with Crippen molar-refractivity contribution in [1.82, 2.24) is 24.8 Å². The monoisotopic (exact) mass is 457 g/mol. The molecule has 2 aromatic carbocycles. The molecule has 34 heavy (non-hydrogen) atoms. The lowest BCUT2D eigenvalue weighted by Crippen LogP contribution is -2.40. The molecule has 4 aromatic rings. The first-order chi connectivity index (χ1) is 16.3. The first kappa shape index (κ1) is 22.7. The number of amides is 1. The van der Waals surface area contributed by atoms with Gasteiger partial charge in [0.1, 0.15) is 0 Å². The van der Waals surface area contributed by atoms with Crippen molar-refractivity contribution >= 4 is 27.8 Å². The Labute approximate surface area is 201 Å². The summed E-state index contributed by atoms with van der Waals surface area (Å²) in [6.45, 7) is 9.15. The molecule has 5 rings (SSSR count). The molecule has 1 saturated heterocycles. The highest BCUT2D eigenvalue weighted by Gasteiger charge is 2.24. The number of aryl methyl sites for hydroxylation is 1. The molecule has 0 radical (unpaired) electrons. The van der Waals surface area contributed by atoms with Crippen LogP contribution in [0.5, 0.6) is 0 Å². The Bertz CT molecular complexity index is 1340. The van der Waals surface area contributed by atoms with Gasteiger partial charge in [0.15, 0.2) is 0 Å². The molecule has 0 aliphatic carbocycles. The number of H-pyrrole nitrogens is 2. The van der Waals surface area contributed by atoms with Crippen molar-refractivity contribution in [3.05, 3.63) is 53.3 Å². The van der Waals surface area contributed by atoms with Gasteiger partial charge in [-0.1, -0.05) is 19.9 Å². The lowest BCUT2D eigenvalue weighted by molar-refractivity contribution is -0.130. The van der Waals surface area contributed by atoms with Crippen molar-refractivity contribution in [2.45, 2.75) is 45.4 Å². The number of nitrogens with one attached hydrogen (secondary N) is 2. The maximum atomic E-state index is 12.1. The maximum Gasteiger partial charge on any atom is 0.236 e. The third-order valence-corrected chi connectivity index (χ3v) is 7.36. The van der Waals surface area contributed by atoms with Crippen molar-refractivity contribution < 1.29 is 4.79 Å². The molecule has 1 aliphatic rings. The highest BCUT2D eigenvalue weighted by molar-refractivity contribution is 5.94. The number of hydrogen-bond donors (Lipinski definition) is 2. The molecule has 0 atom stereocenters. The predicted octanol–water partition coefficient (Wildman–Crippen LogP) is 5.41. The van der Waals surface area contributed by atoms with Crippen molar-refractivity contribution in [2.75, 3.05) is 33.7 Å². The fourth-order valence-electron chi connectivity index (χ4n) is 5.44. The molecule has 6 nitrogen and oxygen atoms in total. The van der Waals surface area contributed by atoms with Crippen LogP contribution in [-0.4, -0.2) is 64.4 Å². The molecular formula is C28H35N5O. The molecule has 1 aliphatic heterocycles. The Morgan fingerprint density at radius 3 is 2.62 bits per heavy atom. The molecule has 1 fully saturated rings. The second kappa shape index (κ2) is 8.91. The van der Waals surface area contributed by atoms with Gasteiger partial charge in [-0.05, 0) is 85.6 Å². The minimum Gasteiger partial charge on any atom is -0.354 e. The average molecular weight is 458 g/mol. The van der Waals surface area contributed by atoms with E-state index in [1.807, 2.05) is 14.1 Å². The minimum absolute atomic E-state index is 0.185. The topological polar surface area (TPSA) is 68.0 Å². The molecule has 0 spiro atoms. The van der Waals surface area contributed by atoms with E-state index in [0.29, 0.717) is 18.4 Å². The van der Waals surface area contributed by atoms with E-state index < -0.39 is 0 Å². The number of hydrogen-bond acceptors (Lipinski definition) is 3. The number of likely N-dealkylation sites (N-methyl/N-ethyl adjacent to an activating group) is 1. The Hall–Kier alpha value is -3.12. The van der Waals surface area contributed by atoms with Crippen LogP contribution in [0.3, 0.4) is 0 Å². The van der Waals surface area contributed by atoms with Crippen LogP contribution in [0.4, 0.5) is 0 Å². The van der Waals surface area contributed by atoms with E-state index in [0.717, 1.165) is 37.0 Å². The molecule has 2 N–H and O–H groups in total. The quantitative estimate of drug-likeness (QED) is 0.421. The SMILES string of the molecule is Cc1cc(-c2[nH]c3ccc(C4CCN(CC(=O)N(C)C)CC4)cc3c2C(C)C)cc2[nH]cnc12. The summed E-state index contributed by atoms with van der Waals surface area (Å²) in [6.07, 6.45) is 3.95. The van der Waals surface area contributed by atoms with Crippen molar-refractivity contribution in [1.29, 1.82) is 0 Å². The third kappa shape index (κ3) is 4.11. The average Bonchev–Trinajstić information content (AvgIpc) is 3.44. The van der Waals surface area contributed by atoms with E-state index in [4.69, 9.17) is 0 Å². The zero-order valence-corrected chi connectivity index (χ0v) is 20.9. The van der Waals surface area contributed by atoms with Gasteiger partial charge in [-0.2, -0.15) is 0 Å². The number of fused-ring (bicyclic) bond motifs is 2. The van der Waals surface area contributed by atoms with E-state index in [-0.39, 0.29) is 5.91 Å². The maximum absolute atomic E-state index is 12.1. The number of imidazole rings is 1. The number of benzene rings is 2. The van der Waals surface area contributed by atoms with Crippen molar-refractivity contribution in [2.24, 2.45) is 0 Å². The number of nitrogens with zero attached hydrogens (tertiary/aromatic N) is 3. The van der Waals surface area contributed by atoms with Crippen LogP contribution >= 0.6 is 0 Å². The Morgan fingerprint density at radius 1 is 1.15 bits per heavy atom. The Kier molecular flexibility index (Phi) is 5.94. The van der Waals surface area contributed by atoms with Gasteiger partial charge < -0.3 is 14.9 Å². The standard InChI is InChI=1S/C28H35N5O/c1-17(2)26-22-13-20(19-8-10-33(11-9-19)15-25(34)32(4)5)6-7-23(22)31-28(26)21-12-18(3)27-24(14-21)29-16-30-27/h6-7,12-14,16-17,19,31H,8-11,15H2,1-5H3,(H,29,30). The zero-order valence-electron chi connectivity index (χ0n) is 20.9. The van der Waals surface area contributed by atoms with Crippen LogP contribution in [-0.2, 0) is 4.79 Å². The second-order valence-electron chi connectivity index (χ2n) is 10.3. The number of piperidine rings is 1. The predicted molar refractivity (Wildman–Crippen MR) is 139 cm³/mol. The van der Waals surface area contributed by atoms with E-state index in [9.17, 15) is 4.79 Å². The Balaban J connectivity index is 1.45. The zero-order chi connectivity index (χ0) is 24.0. The highest BCUT2D eigenvalue weighted by atomic mass is 16.2. The minimum atomic E-state index is 0.185. The van der Waals surface area contributed by atoms with Gasteiger partial charge in [0, 0.05) is 30.6 Å². The normalized spacial score (nSPS) is 15.6. The van der Waals surface area contributed by atoms with Crippen molar-refractivity contribution in [3.8, 4) is 11.3 Å². The van der Waals surface area contributed by atoms with Gasteiger partial charge in [-0.15, -0.1) is 0 Å². The first-order valence-corrected chi connectivity index (χ1v) is 12.3. The number of carbonyl (C=O) groups excluding carboxylic acids is 1. The number of carbonyl (C=O) groups is 1. The van der Waals surface area contributed by atoms with Gasteiger partial charge in [-0.25, -0.2) is 4.98 Å². The van der Waals surface area contributed by atoms with Crippen molar-refractivity contribution in [3.63, 3.8) is 0 Å². The lowest BCUT2D eigenvalue weighted by atomic mass is 9.87. The molecule has 6 heteroatoms. The van der Waals surface area contributed by atoms with Gasteiger partial charge in [0.05, 0.1) is 29.6 Å². The summed E-state index contributed by atoms with van der Waals surface area (Å²) in [5.41, 5.74) is 9.69. The summed E-state index contributed by atoms with van der Waals surface area (Å²) in [5, 5.41) is 1.33. The largest absolute Gasteiger partial charge is 0.354 e. The van der Waals surface area contributed by atoms with Crippen LogP contribution in [0, 0.1) is 6.92 Å². The van der Waals surface area contributed by atoms with Gasteiger partial charge in [-0.3, -0.25) is 9.69 Å². The Morgan fingerprint density at radius 2 is 1.91 bits per heavy atom. The van der Waals surface area contributed by atoms with E-state index >= 15 is 0 Å². The molecule has 0 saturated carbocycles. The lowest BCUT2D eigenvalue weighted by Gasteiger charge is -2.32. The number of aromatic nitrogens is 3. The van der Waals surface area contributed by atoms with Crippen LogP contribution < -0.4 is 0 Å². The fraction of sp³-hybridized carbons (Fsp3) is 0.429. The van der Waals surface area contributed by atoms with Crippen LogP contribution in [0.25, 0.3) is 33.2 Å². The molecule has 2 aromatic heterocycles. The summed E-state index contributed by atoms with van der Waals surface area (Å²) in [6, 6.07) is 11.4. The number of likely N-dealkylation sites (tertiary alicyclic amines) is 1. The summed E-state index contributed by atoms with van der Waals surface area (Å²) in [5.74, 6) is 1.12. The van der Waals surface area contributed by atoms with E-state index in [2.05, 4.69) is 71.0 Å². The molecule has 3 heterocycles. The molecule has 1 amide bonds. The van der Waals surface area contributed by atoms with Gasteiger partial charge in [0.2, 0.25) is 5.91 Å². The smallest absolute Gasteiger partial charge is 0.236 e. The van der Waals surface area contributed by atoms with Crippen LogP contribution in [0.2, 0.25) is 0 Å². The third-order valence-electron chi connectivity index (χ3n) is 7.36. The fourth-order valence-corrected chi connectivity index (χ4v) is 5.44. The first-order valence-electron chi connectivity index (χ1n) is 12.3. The van der Waals surface area contributed by atoms with E-state index in [1.165, 1.54) is 38.9 Å². The molecule has 0 bridgehead atoms. The van der Waals surface area contributed by atoms with E-state index in [1.54, 1.807) is 11.2 Å². The molecule has 178 valence electrons. The summed E-state index contributed by atoms with van der Waals surface area (Å²) in [7, 11) is 3.66. The second-order valence-corrected chi connectivity index (χ2v) is 10.3. The highest BCUT2D eigenvalue weighted by Crippen LogP contribution is 2.39. The van der Waals surface area contributed by atoms with Crippen LogP contribution in [0.1, 0.15) is 55.2 Å². The number of rotatable bonds is 5. The van der Waals surface area contributed by atoms with Gasteiger partial charge in [0.25, 0.3) is 0 Å². The van der Waals surface area contributed by atoms with Crippen LogP contribution in [0.15, 0.2) is 36.7 Å². The summed E-state index contributed by atoms with van der Waals surface area (Å²) >= 11 is 0. The number of aromatic amines is 2. The summed E-state index contributed by atoms with van der Waals surface area (Å²) < 4.78 is 0. The van der Waals surface area contributed by atoms with Gasteiger partial charge >= 0.3 is 0 Å². The molecule has 0 unspecified atom stereocenters. The summed E-state index contributed by atoms with van der Waals surface area (Å²) in [4.78, 5) is 27.5. The molecular weight excluding hydrogens is 422 g/mol.